The molecule has 0 heterocycles. The topological polar surface area (TPSA) is 96.0 Å². The Bertz CT molecular complexity index is 1430. The zero-order valence-electron chi connectivity index (χ0n) is 22.1. The third-order valence-corrected chi connectivity index (χ3v) is 8.73. The van der Waals surface area contributed by atoms with Crippen LogP contribution in [-0.4, -0.2) is 51.9 Å². The molecule has 0 spiro atoms. The van der Waals surface area contributed by atoms with Crippen molar-refractivity contribution in [1.29, 1.82) is 0 Å². The molecular weight excluding hydrogens is 561 g/mol. The van der Waals surface area contributed by atoms with Crippen molar-refractivity contribution in [2.45, 2.75) is 37.8 Å². The summed E-state index contributed by atoms with van der Waals surface area (Å²) in [6, 6.07) is 16.9. The number of amides is 2. The number of benzene rings is 3. The number of halogens is 2. The highest BCUT2D eigenvalue weighted by Crippen LogP contribution is 2.31. The van der Waals surface area contributed by atoms with E-state index in [1.54, 1.807) is 43.3 Å². The Kier molecular flexibility index (Phi) is 10.2. The summed E-state index contributed by atoms with van der Waals surface area (Å²) in [4.78, 5) is 28.1. The van der Waals surface area contributed by atoms with E-state index in [0.717, 1.165) is 9.87 Å². The van der Waals surface area contributed by atoms with Gasteiger partial charge in [-0.05, 0) is 61.4 Å². The van der Waals surface area contributed by atoms with E-state index in [4.69, 9.17) is 27.9 Å². The van der Waals surface area contributed by atoms with Crippen molar-refractivity contribution in [2.24, 2.45) is 0 Å². The van der Waals surface area contributed by atoms with Crippen LogP contribution in [0.4, 0.5) is 5.69 Å². The minimum absolute atomic E-state index is 0.00432. The van der Waals surface area contributed by atoms with Gasteiger partial charge in [0.25, 0.3) is 10.0 Å². The van der Waals surface area contributed by atoms with Crippen LogP contribution in [0.1, 0.15) is 24.5 Å². The molecule has 1 N–H and O–H groups in total. The average molecular weight is 593 g/mol. The first-order valence-corrected chi connectivity index (χ1v) is 14.4. The van der Waals surface area contributed by atoms with E-state index >= 15 is 0 Å². The number of carbonyl (C=O) groups is 2. The molecule has 0 unspecified atom stereocenters. The van der Waals surface area contributed by atoms with Gasteiger partial charge in [-0.25, -0.2) is 8.42 Å². The predicted molar refractivity (Wildman–Crippen MR) is 154 cm³/mol. The zero-order chi connectivity index (χ0) is 28.7. The fourth-order valence-electron chi connectivity index (χ4n) is 4.06. The maximum atomic E-state index is 13.9. The second-order valence-electron chi connectivity index (χ2n) is 8.83. The van der Waals surface area contributed by atoms with Crippen LogP contribution in [0.3, 0.4) is 0 Å². The molecule has 3 rings (SSSR count). The fraction of sp³-hybridized carbons (Fsp3) is 0.286. The number of likely N-dealkylation sites (N-methyl/N-ethyl adjacent to an activating group) is 1. The number of hydrogen-bond donors (Lipinski definition) is 1. The molecule has 0 saturated carbocycles. The number of methoxy groups -OCH3 is 1. The minimum Gasteiger partial charge on any atom is -0.497 e. The van der Waals surface area contributed by atoms with Gasteiger partial charge >= 0.3 is 0 Å². The zero-order valence-corrected chi connectivity index (χ0v) is 24.5. The molecule has 8 nitrogen and oxygen atoms in total. The Morgan fingerprint density at radius 3 is 2.28 bits per heavy atom. The SMILES string of the molecule is CC[C@@H](C(=O)NC)N(Cc1cccc(OC)c1)C(=O)CN(c1ccc(Cl)c(Cl)c1)S(=O)(=O)c1ccc(C)cc1. The minimum atomic E-state index is -4.21. The number of ether oxygens (including phenoxy) is 1. The Morgan fingerprint density at radius 1 is 1.00 bits per heavy atom. The Hall–Kier alpha value is -3.27. The molecule has 0 saturated heterocycles. The molecule has 11 heteroatoms. The highest BCUT2D eigenvalue weighted by molar-refractivity contribution is 7.92. The fourth-order valence-corrected chi connectivity index (χ4v) is 5.76. The van der Waals surface area contributed by atoms with Crippen molar-refractivity contribution < 1.29 is 22.7 Å². The highest BCUT2D eigenvalue weighted by Gasteiger charge is 2.33. The second-order valence-corrected chi connectivity index (χ2v) is 11.5. The van der Waals surface area contributed by atoms with Gasteiger partial charge in [0.05, 0.1) is 27.7 Å². The van der Waals surface area contributed by atoms with E-state index in [-0.39, 0.29) is 33.1 Å². The lowest BCUT2D eigenvalue weighted by molar-refractivity contribution is -0.140. The summed E-state index contributed by atoms with van der Waals surface area (Å²) in [5.41, 5.74) is 1.76. The molecule has 0 fully saturated rings. The van der Waals surface area contributed by atoms with Gasteiger partial charge in [-0.15, -0.1) is 0 Å². The number of rotatable bonds is 11. The molecule has 0 aliphatic carbocycles. The molecule has 208 valence electrons. The number of hydrogen-bond acceptors (Lipinski definition) is 5. The number of aryl methyl sites for hydroxylation is 1. The highest BCUT2D eigenvalue weighted by atomic mass is 35.5. The van der Waals surface area contributed by atoms with Gasteiger partial charge in [0.15, 0.2) is 0 Å². The number of anilines is 1. The van der Waals surface area contributed by atoms with Crippen molar-refractivity contribution >= 4 is 50.7 Å². The van der Waals surface area contributed by atoms with Crippen LogP contribution >= 0.6 is 23.2 Å². The van der Waals surface area contributed by atoms with Gasteiger partial charge in [0, 0.05) is 13.6 Å². The summed E-state index contributed by atoms with van der Waals surface area (Å²) in [7, 11) is -1.18. The van der Waals surface area contributed by atoms with Crippen LogP contribution < -0.4 is 14.4 Å². The molecular formula is C28H31Cl2N3O5S. The molecule has 3 aromatic rings. The Balaban J connectivity index is 2.09. The maximum Gasteiger partial charge on any atom is 0.264 e. The number of nitrogens with zero attached hydrogens (tertiary/aromatic N) is 2. The first-order valence-electron chi connectivity index (χ1n) is 12.2. The normalized spacial score (nSPS) is 11.9. The predicted octanol–water partition coefficient (Wildman–Crippen LogP) is 5.06. The first-order chi connectivity index (χ1) is 18.5. The van der Waals surface area contributed by atoms with E-state index in [1.807, 2.05) is 6.92 Å². The summed E-state index contributed by atoms with van der Waals surface area (Å²) >= 11 is 12.3. The van der Waals surface area contributed by atoms with Gasteiger partial charge < -0.3 is 15.0 Å². The lowest BCUT2D eigenvalue weighted by Gasteiger charge is -2.33. The molecule has 39 heavy (non-hydrogen) atoms. The van der Waals surface area contributed by atoms with E-state index in [0.29, 0.717) is 17.7 Å². The average Bonchev–Trinajstić information content (AvgIpc) is 2.93. The number of carbonyl (C=O) groups excluding carboxylic acids is 2. The molecule has 2 amide bonds. The summed E-state index contributed by atoms with van der Waals surface area (Å²) < 4.78 is 34.0. The van der Waals surface area contributed by atoms with Crippen LogP contribution in [-0.2, 0) is 26.2 Å². The molecule has 0 aromatic heterocycles. The van der Waals surface area contributed by atoms with Crippen molar-refractivity contribution in [2.75, 3.05) is 25.0 Å². The molecule has 0 bridgehead atoms. The standard InChI is InChI=1S/C28H31Cl2N3O5S/c1-5-26(28(35)31-3)32(17-20-7-6-8-22(15-20)38-4)27(34)18-33(21-11-14-24(29)25(30)16-21)39(36,37)23-12-9-19(2)10-13-23/h6-16,26H,5,17-18H2,1-4H3,(H,31,35)/t26-/m0/s1. The van der Waals surface area contributed by atoms with Crippen molar-refractivity contribution in [3.63, 3.8) is 0 Å². The third-order valence-electron chi connectivity index (χ3n) is 6.20. The van der Waals surface area contributed by atoms with E-state index in [9.17, 15) is 18.0 Å². The van der Waals surface area contributed by atoms with Gasteiger partial charge in [0.1, 0.15) is 18.3 Å². The Labute approximate surface area is 239 Å². The van der Waals surface area contributed by atoms with Crippen LogP contribution in [0.15, 0.2) is 71.6 Å². The maximum absolute atomic E-state index is 13.9. The lowest BCUT2D eigenvalue weighted by atomic mass is 10.1. The molecule has 0 radical (unpaired) electrons. The molecule has 3 aromatic carbocycles. The summed E-state index contributed by atoms with van der Waals surface area (Å²) in [5.74, 6) is -0.349. The van der Waals surface area contributed by atoms with Crippen LogP contribution in [0.5, 0.6) is 5.75 Å². The van der Waals surface area contributed by atoms with Crippen LogP contribution in [0.25, 0.3) is 0 Å². The second kappa shape index (κ2) is 13.2. The monoisotopic (exact) mass is 591 g/mol. The molecule has 0 aliphatic rings. The van der Waals surface area contributed by atoms with Crippen molar-refractivity contribution in [1.82, 2.24) is 10.2 Å². The summed E-state index contributed by atoms with van der Waals surface area (Å²) in [5, 5.41) is 2.97. The van der Waals surface area contributed by atoms with Crippen molar-refractivity contribution in [3.8, 4) is 5.75 Å². The van der Waals surface area contributed by atoms with Crippen LogP contribution in [0, 0.1) is 6.92 Å². The largest absolute Gasteiger partial charge is 0.497 e. The van der Waals surface area contributed by atoms with Gasteiger partial charge in [-0.3, -0.25) is 13.9 Å². The quantitative estimate of drug-likeness (QED) is 0.336. The third kappa shape index (κ3) is 7.23. The Morgan fingerprint density at radius 2 is 1.69 bits per heavy atom. The number of nitrogens with one attached hydrogen (secondary N) is 1. The molecule has 0 aliphatic heterocycles. The van der Waals surface area contributed by atoms with E-state index < -0.39 is 28.5 Å². The summed E-state index contributed by atoms with van der Waals surface area (Å²) in [6.45, 7) is 3.11. The van der Waals surface area contributed by atoms with Gasteiger partial charge in [0.2, 0.25) is 11.8 Å². The van der Waals surface area contributed by atoms with Crippen molar-refractivity contribution in [3.05, 3.63) is 87.9 Å². The van der Waals surface area contributed by atoms with Gasteiger partial charge in [-0.1, -0.05) is 60.0 Å². The van der Waals surface area contributed by atoms with Gasteiger partial charge in [-0.2, -0.15) is 0 Å². The smallest absolute Gasteiger partial charge is 0.264 e. The number of sulfonamides is 1. The van der Waals surface area contributed by atoms with E-state index in [1.165, 1.54) is 49.4 Å². The van der Waals surface area contributed by atoms with Crippen LogP contribution in [0.2, 0.25) is 10.0 Å². The summed E-state index contributed by atoms with van der Waals surface area (Å²) in [6.07, 6.45) is 0.312. The lowest BCUT2D eigenvalue weighted by Crippen LogP contribution is -2.51. The van der Waals surface area contributed by atoms with E-state index in [2.05, 4.69) is 5.32 Å². The first kappa shape index (κ1) is 30.3. The molecule has 1 atom stereocenters.